The number of amides is 1. The standard InChI is InChI=1S/C29H30N4O5/c1-17-13-22(8-10-25(17)18(2)16-34)27(32-23-9-7-20-11-12-30-28(35)26(20)15-23)29(36)31-19(3)21-5-4-6-24(14-21)33(37)38/h4-15,18-19,27,32,34H,16H2,1-3H3,(H,30,35)(H,31,36)/t18-,19+,27?/m0/s1. The lowest BCUT2D eigenvalue weighted by Gasteiger charge is -2.24. The molecule has 0 aliphatic heterocycles. The number of nitrogens with zero attached hydrogens (tertiary/aromatic N) is 1. The minimum absolute atomic E-state index is 0.00865. The number of anilines is 1. The Balaban J connectivity index is 1.69. The molecule has 4 aromatic rings. The highest BCUT2D eigenvalue weighted by molar-refractivity contribution is 5.89. The fourth-order valence-electron chi connectivity index (χ4n) is 4.56. The molecule has 0 aliphatic carbocycles. The van der Waals surface area contributed by atoms with Crippen LogP contribution < -0.4 is 16.2 Å². The van der Waals surface area contributed by atoms with Crippen molar-refractivity contribution in [1.82, 2.24) is 10.3 Å². The third-order valence-corrected chi connectivity index (χ3v) is 6.72. The maximum atomic E-state index is 13.7. The van der Waals surface area contributed by atoms with Crippen molar-refractivity contribution < 1.29 is 14.8 Å². The molecule has 0 bridgehead atoms. The third-order valence-electron chi connectivity index (χ3n) is 6.72. The summed E-state index contributed by atoms with van der Waals surface area (Å²) in [4.78, 5) is 39.4. The predicted molar refractivity (Wildman–Crippen MR) is 147 cm³/mol. The maximum absolute atomic E-state index is 13.7. The van der Waals surface area contributed by atoms with Crippen molar-refractivity contribution in [3.63, 3.8) is 0 Å². The first-order valence-electron chi connectivity index (χ1n) is 12.3. The molecule has 4 N–H and O–H groups in total. The van der Waals surface area contributed by atoms with Crippen LogP contribution in [0.2, 0.25) is 0 Å². The van der Waals surface area contributed by atoms with E-state index in [2.05, 4.69) is 15.6 Å². The summed E-state index contributed by atoms with van der Waals surface area (Å²) in [5, 5.41) is 28.3. The minimum atomic E-state index is -0.825. The van der Waals surface area contributed by atoms with Crippen LogP contribution in [0.4, 0.5) is 11.4 Å². The van der Waals surface area contributed by atoms with Gasteiger partial charge in [-0.2, -0.15) is 0 Å². The smallest absolute Gasteiger partial charge is 0.269 e. The van der Waals surface area contributed by atoms with Crippen molar-refractivity contribution >= 4 is 28.1 Å². The van der Waals surface area contributed by atoms with Crippen LogP contribution in [0.1, 0.15) is 54.1 Å². The van der Waals surface area contributed by atoms with Gasteiger partial charge >= 0.3 is 0 Å². The molecular formula is C29H30N4O5. The van der Waals surface area contributed by atoms with Crippen LogP contribution in [0, 0.1) is 17.0 Å². The van der Waals surface area contributed by atoms with Gasteiger partial charge in [-0.3, -0.25) is 19.7 Å². The van der Waals surface area contributed by atoms with E-state index in [-0.39, 0.29) is 29.7 Å². The molecule has 4 rings (SSSR count). The summed E-state index contributed by atoms with van der Waals surface area (Å²) in [7, 11) is 0. The Morgan fingerprint density at radius 1 is 1.05 bits per heavy atom. The topological polar surface area (TPSA) is 137 Å². The third kappa shape index (κ3) is 5.73. The van der Waals surface area contributed by atoms with Gasteiger partial charge in [-0.05, 0) is 59.7 Å². The van der Waals surface area contributed by atoms with E-state index in [1.807, 2.05) is 38.1 Å². The van der Waals surface area contributed by atoms with E-state index < -0.39 is 17.0 Å². The summed E-state index contributed by atoms with van der Waals surface area (Å²) in [6.07, 6.45) is 1.58. The summed E-state index contributed by atoms with van der Waals surface area (Å²) >= 11 is 0. The first-order chi connectivity index (χ1) is 18.2. The number of hydrogen-bond acceptors (Lipinski definition) is 6. The molecule has 0 radical (unpaired) electrons. The molecule has 1 heterocycles. The summed E-state index contributed by atoms with van der Waals surface area (Å²) < 4.78 is 0. The molecule has 196 valence electrons. The normalized spacial score (nSPS) is 13.5. The Morgan fingerprint density at radius 3 is 2.55 bits per heavy atom. The van der Waals surface area contributed by atoms with Gasteiger partial charge < -0.3 is 20.7 Å². The fraction of sp³-hybridized carbons (Fsp3) is 0.241. The summed E-state index contributed by atoms with van der Waals surface area (Å²) in [6, 6.07) is 17.6. The monoisotopic (exact) mass is 514 g/mol. The number of nitro benzene ring substituents is 1. The Hall–Kier alpha value is -4.50. The van der Waals surface area contributed by atoms with Gasteiger partial charge in [-0.25, -0.2) is 0 Å². The molecule has 1 unspecified atom stereocenters. The zero-order valence-corrected chi connectivity index (χ0v) is 21.4. The number of nitro groups is 1. The Kier molecular flexibility index (Phi) is 7.87. The fourth-order valence-corrected chi connectivity index (χ4v) is 4.56. The van der Waals surface area contributed by atoms with Crippen LogP contribution in [0.3, 0.4) is 0 Å². The van der Waals surface area contributed by atoms with E-state index in [0.29, 0.717) is 22.2 Å². The van der Waals surface area contributed by atoms with E-state index >= 15 is 0 Å². The van der Waals surface area contributed by atoms with E-state index in [1.54, 1.807) is 43.5 Å². The largest absolute Gasteiger partial charge is 0.396 e. The summed E-state index contributed by atoms with van der Waals surface area (Å²) in [5.41, 5.74) is 3.52. The lowest BCUT2D eigenvalue weighted by molar-refractivity contribution is -0.384. The number of pyridine rings is 1. The number of aliphatic hydroxyl groups is 1. The number of carbonyl (C=O) groups is 1. The van der Waals surface area contributed by atoms with Crippen molar-refractivity contribution in [3.8, 4) is 0 Å². The lowest BCUT2D eigenvalue weighted by Crippen LogP contribution is -2.35. The van der Waals surface area contributed by atoms with Gasteiger partial charge in [0.15, 0.2) is 0 Å². The van der Waals surface area contributed by atoms with Crippen molar-refractivity contribution in [2.45, 2.75) is 38.8 Å². The number of nitrogens with one attached hydrogen (secondary N) is 3. The highest BCUT2D eigenvalue weighted by Gasteiger charge is 2.24. The maximum Gasteiger partial charge on any atom is 0.269 e. The van der Waals surface area contributed by atoms with Crippen LogP contribution in [-0.4, -0.2) is 27.5 Å². The van der Waals surface area contributed by atoms with E-state index in [9.17, 15) is 24.8 Å². The molecule has 0 fully saturated rings. The average molecular weight is 515 g/mol. The molecule has 38 heavy (non-hydrogen) atoms. The zero-order chi connectivity index (χ0) is 27.4. The quantitative estimate of drug-likeness (QED) is 0.186. The number of hydrogen-bond donors (Lipinski definition) is 4. The molecule has 1 amide bonds. The minimum Gasteiger partial charge on any atom is -0.396 e. The molecule has 0 saturated heterocycles. The van der Waals surface area contributed by atoms with Crippen LogP contribution in [0.25, 0.3) is 10.8 Å². The molecule has 9 nitrogen and oxygen atoms in total. The summed E-state index contributed by atoms with van der Waals surface area (Å²) in [6.45, 7) is 5.63. The number of non-ortho nitro benzene ring substituents is 1. The molecule has 3 atom stereocenters. The highest BCUT2D eigenvalue weighted by Crippen LogP contribution is 2.28. The van der Waals surface area contributed by atoms with Crippen molar-refractivity contribution in [3.05, 3.63) is 116 Å². The molecule has 0 saturated carbocycles. The lowest BCUT2D eigenvalue weighted by atomic mass is 9.93. The number of rotatable bonds is 9. The van der Waals surface area contributed by atoms with Crippen molar-refractivity contribution in [2.75, 3.05) is 11.9 Å². The van der Waals surface area contributed by atoms with Gasteiger partial charge in [0.2, 0.25) is 5.91 Å². The molecule has 0 spiro atoms. The molecule has 3 aromatic carbocycles. The molecule has 1 aromatic heterocycles. The predicted octanol–water partition coefficient (Wildman–Crippen LogP) is 4.87. The van der Waals surface area contributed by atoms with E-state index in [1.165, 1.54) is 12.1 Å². The second-order valence-corrected chi connectivity index (χ2v) is 9.47. The number of carbonyl (C=O) groups excluding carboxylic acids is 1. The average Bonchev–Trinajstić information content (AvgIpc) is 2.91. The number of aromatic amines is 1. The molecule has 9 heteroatoms. The second kappa shape index (κ2) is 11.3. The van der Waals surface area contributed by atoms with Gasteiger partial charge in [-0.1, -0.05) is 43.3 Å². The van der Waals surface area contributed by atoms with Gasteiger partial charge in [0.25, 0.3) is 11.2 Å². The van der Waals surface area contributed by atoms with Gasteiger partial charge in [0.1, 0.15) is 6.04 Å². The van der Waals surface area contributed by atoms with Gasteiger partial charge in [0.05, 0.1) is 11.0 Å². The second-order valence-electron chi connectivity index (χ2n) is 9.47. The number of aliphatic hydroxyl groups excluding tert-OH is 1. The Morgan fingerprint density at radius 2 is 1.84 bits per heavy atom. The van der Waals surface area contributed by atoms with Crippen molar-refractivity contribution in [2.24, 2.45) is 0 Å². The number of benzene rings is 3. The number of aromatic nitrogens is 1. The Bertz CT molecular complexity index is 1550. The SMILES string of the molecule is Cc1cc(C(Nc2ccc3cc[nH]c(=O)c3c2)C(=O)N[C@H](C)c2cccc([N+](=O)[O-])c2)ccc1[C@@H](C)CO. The Labute approximate surface area is 219 Å². The van der Waals surface area contributed by atoms with Gasteiger partial charge in [-0.15, -0.1) is 0 Å². The van der Waals surface area contributed by atoms with Crippen LogP contribution in [0.5, 0.6) is 0 Å². The van der Waals surface area contributed by atoms with E-state index in [0.717, 1.165) is 16.5 Å². The summed E-state index contributed by atoms with van der Waals surface area (Å²) in [5.74, 6) is -0.390. The zero-order valence-electron chi connectivity index (χ0n) is 21.4. The first kappa shape index (κ1) is 26.6. The van der Waals surface area contributed by atoms with Gasteiger partial charge in [0, 0.05) is 41.9 Å². The molecule has 0 aliphatic rings. The highest BCUT2D eigenvalue weighted by atomic mass is 16.6. The number of H-pyrrole nitrogens is 1. The van der Waals surface area contributed by atoms with Crippen LogP contribution >= 0.6 is 0 Å². The van der Waals surface area contributed by atoms with E-state index in [4.69, 9.17) is 0 Å². The molecular weight excluding hydrogens is 484 g/mol. The first-order valence-corrected chi connectivity index (χ1v) is 12.3. The number of fused-ring (bicyclic) bond motifs is 1. The van der Waals surface area contributed by atoms with Crippen LogP contribution in [-0.2, 0) is 4.79 Å². The number of aryl methyl sites for hydroxylation is 1. The van der Waals surface area contributed by atoms with Crippen LogP contribution in [0.15, 0.2) is 77.7 Å². The van der Waals surface area contributed by atoms with Crippen molar-refractivity contribution in [1.29, 1.82) is 0 Å².